The minimum atomic E-state index is -0.635. The fourth-order valence-electron chi connectivity index (χ4n) is 2.11. The maximum absolute atomic E-state index is 12.1. The molecule has 0 saturated heterocycles. The third-order valence-corrected chi connectivity index (χ3v) is 3.81. The molecule has 2 aromatic rings. The van der Waals surface area contributed by atoms with Gasteiger partial charge < -0.3 is 20.1 Å². The molecule has 2 amide bonds. The van der Waals surface area contributed by atoms with Crippen molar-refractivity contribution in [3.05, 3.63) is 64.7 Å². The molecule has 0 atom stereocenters. The Morgan fingerprint density at radius 1 is 1.00 bits per heavy atom. The van der Waals surface area contributed by atoms with E-state index in [4.69, 9.17) is 26.8 Å². The first kappa shape index (κ1) is 20.3. The Kier molecular flexibility index (Phi) is 7.19. The monoisotopic (exact) mass is 390 g/mol. The number of ether oxygens (including phenoxy) is 2. The Morgan fingerprint density at radius 2 is 1.63 bits per heavy atom. The Bertz CT molecular complexity index is 806. The molecule has 0 fully saturated rings. The second kappa shape index (κ2) is 9.59. The van der Waals surface area contributed by atoms with Gasteiger partial charge in [0.2, 0.25) is 0 Å². The van der Waals surface area contributed by atoms with Crippen molar-refractivity contribution in [2.45, 2.75) is 6.54 Å². The molecule has 2 aromatic carbocycles. The molecule has 0 aliphatic heterocycles. The Morgan fingerprint density at radius 3 is 2.22 bits per heavy atom. The number of benzene rings is 2. The number of hydrogen-bond donors (Lipinski definition) is 1. The molecule has 0 bridgehead atoms. The molecule has 0 saturated carbocycles. The minimum Gasteiger partial charge on any atom is -0.484 e. The average Bonchev–Trinajstić information content (AvgIpc) is 2.66. The van der Waals surface area contributed by atoms with Gasteiger partial charge in [-0.25, -0.2) is 4.79 Å². The van der Waals surface area contributed by atoms with Gasteiger partial charge in [0.05, 0.1) is 5.56 Å². The van der Waals surface area contributed by atoms with Gasteiger partial charge in [-0.15, -0.1) is 0 Å². The molecule has 0 spiro atoms. The van der Waals surface area contributed by atoms with E-state index in [9.17, 15) is 14.4 Å². The number of nitrogens with zero attached hydrogens (tertiary/aromatic N) is 1. The van der Waals surface area contributed by atoms with Crippen molar-refractivity contribution in [3.63, 3.8) is 0 Å². The molecule has 0 unspecified atom stereocenters. The van der Waals surface area contributed by atoms with E-state index in [2.05, 4.69) is 0 Å². The van der Waals surface area contributed by atoms with Crippen LogP contribution in [-0.2, 0) is 20.9 Å². The predicted molar refractivity (Wildman–Crippen MR) is 99.3 cm³/mol. The third kappa shape index (κ3) is 6.63. The van der Waals surface area contributed by atoms with E-state index in [1.54, 1.807) is 19.2 Å². The van der Waals surface area contributed by atoms with Crippen molar-refractivity contribution in [2.75, 3.05) is 20.3 Å². The average molecular weight is 391 g/mol. The highest BCUT2D eigenvalue weighted by molar-refractivity contribution is 6.30. The molecule has 2 rings (SSSR count). The Balaban J connectivity index is 1.82. The zero-order valence-electron chi connectivity index (χ0n) is 14.7. The van der Waals surface area contributed by atoms with Crippen LogP contribution in [-0.4, -0.2) is 42.9 Å². The van der Waals surface area contributed by atoms with Crippen LogP contribution in [0.15, 0.2) is 48.5 Å². The number of halogens is 1. The molecule has 0 aliphatic rings. The van der Waals surface area contributed by atoms with Crippen LogP contribution in [0.4, 0.5) is 0 Å². The topological polar surface area (TPSA) is 98.9 Å². The first-order valence-electron chi connectivity index (χ1n) is 8.02. The summed E-state index contributed by atoms with van der Waals surface area (Å²) in [4.78, 5) is 36.3. The van der Waals surface area contributed by atoms with Gasteiger partial charge in [0.25, 0.3) is 11.8 Å². The first-order valence-corrected chi connectivity index (χ1v) is 8.39. The summed E-state index contributed by atoms with van der Waals surface area (Å²) >= 11 is 5.83. The molecule has 0 radical (unpaired) electrons. The summed E-state index contributed by atoms with van der Waals surface area (Å²) < 4.78 is 10.1. The summed E-state index contributed by atoms with van der Waals surface area (Å²) in [5.41, 5.74) is 6.16. The zero-order chi connectivity index (χ0) is 19.8. The van der Waals surface area contributed by atoms with E-state index in [0.29, 0.717) is 17.3 Å². The number of esters is 1. The Hall–Kier alpha value is -3.06. The number of carbonyl (C=O) groups excluding carboxylic acids is 3. The highest BCUT2D eigenvalue weighted by atomic mass is 35.5. The van der Waals surface area contributed by atoms with Crippen LogP contribution < -0.4 is 10.5 Å². The number of carbonyl (C=O) groups is 3. The molecule has 0 aliphatic carbocycles. The van der Waals surface area contributed by atoms with Crippen molar-refractivity contribution >= 4 is 29.4 Å². The van der Waals surface area contributed by atoms with Crippen molar-refractivity contribution in [1.82, 2.24) is 4.90 Å². The molecular formula is C19H19ClN2O5. The van der Waals surface area contributed by atoms with Crippen molar-refractivity contribution < 1.29 is 23.9 Å². The van der Waals surface area contributed by atoms with Gasteiger partial charge in [0, 0.05) is 18.6 Å². The smallest absolute Gasteiger partial charge is 0.338 e. The summed E-state index contributed by atoms with van der Waals surface area (Å²) in [6.07, 6.45) is 0. The maximum Gasteiger partial charge on any atom is 0.338 e. The first-order chi connectivity index (χ1) is 12.8. The SMILES string of the molecule is CN(Cc1ccc(Cl)cc1)C(=O)COC(=O)c1ccc(OCC(N)=O)cc1. The number of hydrogen-bond acceptors (Lipinski definition) is 5. The van der Waals surface area contributed by atoms with Crippen LogP contribution in [0, 0.1) is 0 Å². The second-order valence-electron chi connectivity index (χ2n) is 5.73. The van der Waals surface area contributed by atoms with Gasteiger partial charge >= 0.3 is 5.97 Å². The summed E-state index contributed by atoms with van der Waals surface area (Å²) in [5, 5.41) is 0.618. The van der Waals surface area contributed by atoms with Crippen molar-refractivity contribution in [3.8, 4) is 5.75 Å². The lowest BCUT2D eigenvalue weighted by Crippen LogP contribution is -2.30. The van der Waals surface area contributed by atoms with Crippen LogP contribution in [0.5, 0.6) is 5.75 Å². The molecule has 142 valence electrons. The fraction of sp³-hybridized carbons (Fsp3) is 0.211. The Labute approximate surface area is 161 Å². The lowest BCUT2D eigenvalue weighted by atomic mass is 10.2. The van der Waals surface area contributed by atoms with E-state index >= 15 is 0 Å². The molecule has 2 N–H and O–H groups in total. The van der Waals surface area contributed by atoms with Crippen LogP contribution in [0.3, 0.4) is 0 Å². The summed E-state index contributed by atoms with van der Waals surface area (Å²) in [6, 6.07) is 13.1. The molecule has 27 heavy (non-hydrogen) atoms. The largest absolute Gasteiger partial charge is 0.484 e. The van der Waals surface area contributed by atoms with Crippen LogP contribution in [0.2, 0.25) is 5.02 Å². The lowest BCUT2D eigenvalue weighted by molar-refractivity contribution is -0.133. The van der Waals surface area contributed by atoms with Gasteiger partial charge in [0.15, 0.2) is 13.2 Å². The fourth-order valence-corrected chi connectivity index (χ4v) is 2.24. The molecule has 8 heteroatoms. The van der Waals surface area contributed by atoms with Crippen LogP contribution in [0.1, 0.15) is 15.9 Å². The van der Waals surface area contributed by atoms with E-state index in [-0.39, 0.29) is 24.7 Å². The maximum atomic E-state index is 12.1. The van der Waals surface area contributed by atoms with Gasteiger partial charge in [-0.1, -0.05) is 23.7 Å². The summed E-state index contributed by atoms with van der Waals surface area (Å²) in [7, 11) is 1.62. The highest BCUT2D eigenvalue weighted by Gasteiger charge is 2.14. The molecule has 0 aromatic heterocycles. The van der Waals surface area contributed by atoms with Gasteiger partial charge in [-0.2, -0.15) is 0 Å². The second-order valence-corrected chi connectivity index (χ2v) is 6.17. The van der Waals surface area contributed by atoms with E-state index in [1.165, 1.54) is 29.2 Å². The van der Waals surface area contributed by atoms with Crippen LogP contribution in [0.25, 0.3) is 0 Å². The molecule has 0 heterocycles. The summed E-state index contributed by atoms with van der Waals surface area (Å²) in [5.74, 6) is -1.17. The summed E-state index contributed by atoms with van der Waals surface area (Å²) in [6.45, 7) is -0.249. The normalized spacial score (nSPS) is 10.1. The van der Waals surface area contributed by atoms with E-state index in [1.807, 2.05) is 12.1 Å². The molecule has 7 nitrogen and oxygen atoms in total. The number of likely N-dealkylation sites (N-methyl/N-ethyl adjacent to an activating group) is 1. The minimum absolute atomic E-state index is 0.252. The highest BCUT2D eigenvalue weighted by Crippen LogP contribution is 2.13. The quantitative estimate of drug-likeness (QED) is 0.695. The molecular weight excluding hydrogens is 372 g/mol. The number of rotatable bonds is 8. The van der Waals surface area contributed by atoms with Crippen molar-refractivity contribution in [1.29, 1.82) is 0 Å². The van der Waals surface area contributed by atoms with Crippen molar-refractivity contribution in [2.24, 2.45) is 5.73 Å². The van der Waals surface area contributed by atoms with E-state index in [0.717, 1.165) is 5.56 Å². The lowest BCUT2D eigenvalue weighted by Gasteiger charge is -2.17. The van der Waals surface area contributed by atoms with Gasteiger partial charge in [-0.05, 0) is 42.0 Å². The van der Waals surface area contributed by atoms with Gasteiger partial charge in [0.1, 0.15) is 5.75 Å². The number of nitrogens with two attached hydrogens (primary N) is 1. The number of primary amides is 1. The standard InChI is InChI=1S/C19H19ClN2O5/c1-22(10-13-2-6-15(20)7-3-13)18(24)12-27-19(25)14-4-8-16(9-5-14)26-11-17(21)23/h2-9H,10-12H2,1H3,(H2,21,23). The number of amides is 2. The van der Waals surface area contributed by atoms with E-state index < -0.39 is 11.9 Å². The van der Waals surface area contributed by atoms with Gasteiger partial charge in [-0.3, -0.25) is 9.59 Å². The zero-order valence-corrected chi connectivity index (χ0v) is 15.4. The van der Waals surface area contributed by atoms with Crippen LogP contribution >= 0.6 is 11.6 Å². The third-order valence-electron chi connectivity index (χ3n) is 3.56. The predicted octanol–water partition coefficient (Wildman–Crippen LogP) is 2.02.